The Morgan fingerprint density at radius 3 is 2.81 bits per heavy atom. The molecule has 0 aliphatic heterocycles. The molecular formula is C19H14ClN3O2S. The third-order valence-electron chi connectivity index (χ3n) is 4.16. The van der Waals surface area contributed by atoms with Crippen LogP contribution in [0.15, 0.2) is 23.8 Å². The van der Waals surface area contributed by atoms with Crippen molar-refractivity contribution in [3.63, 3.8) is 0 Å². The molecule has 0 radical (unpaired) electrons. The van der Waals surface area contributed by atoms with Gasteiger partial charge < -0.3 is 10.4 Å². The molecule has 1 aliphatic rings. The molecule has 0 bridgehead atoms. The van der Waals surface area contributed by atoms with Crippen LogP contribution >= 0.6 is 22.9 Å². The molecule has 7 heteroatoms. The number of halogens is 1. The zero-order chi connectivity index (χ0) is 18.7. The lowest BCUT2D eigenvalue weighted by Crippen LogP contribution is -2.13. The number of anilines is 1. The lowest BCUT2D eigenvalue weighted by atomic mass is 9.96. The van der Waals surface area contributed by atoms with Crippen molar-refractivity contribution < 1.29 is 9.90 Å². The second-order valence-electron chi connectivity index (χ2n) is 5.85. The van der Waals surface area contributed by atoms with Gasteiger partial charge in [-0.3, -0.25) is 4.79 Å². The summed E-state index contributed by atoms with van der Waals surface area (Å²) in [5.74, 6) is -0.707. The predicted octanol–water partition coefficient (Wildman–Crippen LogP) is 4.40. The lowest BCUT2D eigenvalue weighted by molar-refractivity contribution is -0.112. The van der Waals surface area contributed by atoms with Gasteiger partial charge in [0.1, 0.15) is 28.5 Å². The van der Waals surface area contributed by atoms with E-state index in [1.54, 1.807) is 0 Å². The molecule has 0 unspecified atom stereocenters. The minimum atomic E-state index is -0.623. The molecule has 3 rings (SSSR count). The molecule has 0 saturated carbocycles. The maximum atomic E-state index is 12.5. The second kappa shape index (κ2) is 7.61. The van der Waals surface area contributed by atoms with Crippen LogP contribution in [0.3, 0.4) is 0 Å². The number of phenols is 1. The van der Waals surface area contributed by atoms with Crippen LogP contribution in [-0.2, 0) is 17.6 Å². The van der Waals surface area contributed by atoms with Gasteiger partial charge in [0.15, 0.2) is 0 Å². The topological polar surface area (TPSA) is 96.9 Å². The Labute approximate surface area is 159 Å². The van der Waals surface area contributed by atoms with Crippen LogP contribution in [0.4, 0.5) is 5.00 Å². The van der Waals surface area contributed by atoms with E-state index in [9.17, 15) is 20.4 Å². The summed E-state index contributed by atoms with van der Waals surface area (Å²) in [6.45, 7) is 0. The van der Waals surface area contributed by atoms with Crippen molar-refractivity contribution in [3.05, 3.63) is 50.4 Å². The van der Waals surface area contributed by atoms with E-state index in [2.05, 4.69) is 11.4 Å². The van der Waals surface area contributed by atoms with Gasteiger partial charge in [0, 0.05) is 15.5 Å². The number of phenolic OH excluding ortho intramolecular Hbond substituents is 1. The number of amides is 1. The van der Waals surface area contributed by atoms with Crippen LogP contribution in [0, 0.1) is 22.7 Å². The number of nitriles is 2. The van der Waals surface area contributed by atoms with Gasteiger partial charge >= 0.3 is 0 Å². The van der Waals surface area contributed by atoms with Crippen LogP contribution in [-0.4, -0.2) is 11.0 Å². The van der Waals surface area contributed by atoms with Crippen molar-refractivity contribution in [2.45, 2.75) is 25.7 Å². The maximum Gasteiger partial charge on any atom is 0.266 e. The number of nitrogens with one attached hydrogen (secondary N) is 1. The van der Waals surface area contributed by atoms with Crippen LogP contribution in [0.1, 0.15) is 34.4 Å². The summed E-state index contributed by atoms with van der Waals surface area (Å²) in [7, 11) is 0. The van der Waals surface area contributed by atoms with E-state index in [1.807, 2.05) is 6.07 Å². The van der Waals surface area contributed by atoms with Gasteiger partial charge in [-0.05, 0) is 55.5 Å². The Balaban J connectivity index is 1.91. The third-order valence-corrected chi connectivity index (χ3v) is 5.61. The molecule has 5 nitrogen and oxygen atoms in total. The highest BCUT2D eigenvalue weighted by atomic mass is 35.5. The highest BCUT2D eigenvalue weighted by Crippen LogP contribution is 2.37. The molecule has 2 aromatic rings. The lowest BCUT2D eigenvalue weighted by Gasteiger charge is -2.09. The van der Waals surface area contributed by atoms with E-state index in [-0.39, 0.29) is 16.9 Å². The van der Waals surface area contributed by atoms with Crippen molar-refractivity contribution in [3.8, 4) is 17.9 Å². The Morgan fingerprint density at radius 2 is 2.08 bits per heavy atom. The number of carbonyl (C=O) groups is 1. The predicted molar refractivity (Wildman–Crippen MR) is 101 cm³/mol. The SMILES string of the molecule is N#C/C(=C\c1cc(Cl)ccc1O)C(=O)Nc1sc2c(c1C#N)CCCC2. The zero-order valence-electron chi connectivity index (χ0n) is 13.7. The minimum Gasteiger partial charge on any atom is -0.507 e. The van der Waals surface area contributed by atoms with E-state index in [4.69, 9.17) is 11.6 Å². The standard InChI is InChI=1S/C19H14ClN3O2S/c20-13-5-6-16(24)11(8-13)7-12(9-21)18(25)23-19-15(10-22)14-3-1-2-4-17(14)26-19/h5-8,24H,1-4H2,(H,23,25)/b12-7+. The largest absolute Gasteiger partial charge is 0.507 e. The number of carbonyl (C=O) groups excluding carboxylic acids is 1. The van der Waals surface area contributed by atoms with Gasteiger partial charge in [-0.25, -0.2) is 0 Å². The highest BCUT2D eigenvalue weighted by Gasteiger charge is 2.22. The number of hydrogen-bond acceptors (Lipinski definition) is 5. The number of hydrogen-bond donors (Lipinski definition) is 2. The van der Waals surface area contributed by atoms with Crippen molar-refractivity contribution in [1.29, 1.82) is 10.5 Å². The van der Waals surface area contributed by atoms with Gasteiger partial charge in [-0.2, -0.15) is 10.5 Å². The first-order chi connectivity index (χ1) is 12.5. The fraction of sp³-hybridized carbons (Fsp3) is 0.211. The summed E-state index contributed by atoms with van der Waals surface area (Å²) in [5, 5.41) is 32.2. The summed E-state index contributed by atoms with van der Waals surface area (Å²) in [6.07, 6.45) is 5.12. The average Bonchev–Trinajstić information content (AvgIpc) is 2.99. The first kappa shape index (κ1) is 18.0. The van der Waals surface area contributed by atoms with Gasteiger partial charge in [0.2, 0.25) is 0 Å². The van der Waals surface area contributed by atoms with E-state index in [0.29, 0.717) is 15.6 Å². The summed E-state index contributed by atoms with van der Waals surface area (Å²) in [4.78, 5) is 13.6. The molecular weight excluding hydrogens is 370 g/mol. The van der Waals surface area contributed by atoms with Crippen molar-refractivity contribution in [2.75, 3.05) is 5.32 Å². The molecule has 26 heavy (non-hydrogen) atoms. The first-order valence-corrected chi connectivity index (χ1v) is 9.19. The smallest absolute Gasteiger partial charge is 0.266 e. The average molecular weight is 384 g/mol. The van der Waals surface area contributed by atoms with Gasteiger partial charge in [0.05, 0.1) is 5.56 Å². The van der Waals surface area contributed by atoms with Gasteiger partial charge in [-0.1, -0.05) is 11.6 Å². The zero-order valence-corrected chi connectivity index (χ0v) is 15.2. The number of aryl methyl sites for hydroxylation is 1. The molecule has 0 atom stereocenters. The first-order valence-electron chi connectivity index (χ1n) is 7.99. The number of benzene rings is 1. The number of fused-ring (bicyclic) bond motifs is 1. The van der Waals surface area contributed by atoms with E-state index >= 15 is 0 Å². The molecule has 130 valence electrons. The van der Waals surface area contributed by atoms with Crippen LogP contribution in [0.5, 0.6) is 5.75 Å². The van der Waals surface area contributed by atoms with Crippen molar-refractivity contribution >= 4 is 39.9 Å². The third kappa shape index (κ3) is 3.57. The Kier molecular flexibility index (Phi) is 5.27. The Hall–Kier alpha value is -2.80. The highest BCUT2D eigenvalue weighted by molar-refractivity contribution is 7.16. The van der Waals surface area contributed by atoms with Gasteiger partial charge in [-0.15, -0.1) is 11.3 Å². The molecule has 0 spiro atoms. The van der Waals surface area contributed by atoms with Crippen LogP contribution in [0.25, 0.3) is 6.08 Å². The monoisotopic (exact) mass is 383 g/mol. The molecule has 1 heterocycles. The van der Waals surface area contributed by atoms with E-state index in [1.165, 1.54) is 35.6 Å². The molecule has 1 aromatic heterocycles. The van der Waals surface area contributed by atoms with Crippen molar-refractivity contribution in [2.24, 2.45) is 0 Å². The Morgan fingerprint density at radius 1 is 1.31 bits per heavy atom. The quantitative estimate of drug-likeness (QED) is 0.606. The summed E-state index contributed by atoms with van der Waals surface area (Å²) < 4.78 is 0. The fourth-order valence-electron chi connectivity index (χ4n) is 2.89. The summed E-state index contributed by atoms with van der Waals surface area (Å²) in [5.41, 5.74) is 1.59. The van der Waals surface area contributed by atoms with Crippen LogP contribution < -0.4 is 5.32 Å². The molecule has 0 saturated heterocycles. The van der Waals surface area contributed by atoms with Crippen LogP contribution in [0.2, 0.25) is 5.02 Å². The Bertz CT molecular complexity index is 995. The van der Waals surface area contributed by atoms with Gasteiger partial charge in [0.25, 0.3) is 5.91 Å². The fourth-order valence-corrected chi connectivity index (χ4v) is 4.30. The number of thiophene rings is 1. The summed E-state index contributed by atoms with van der Waals surface area (Å²) >= 11 is 7.29. The second-order valence-corrected chi connectivity index (χ2v) is 7.40. The summed E-state index contributed by atoms with van der Waals surface area (Å²) in [6, 6.07) is 8.37. The number of aromatic hydroxyl groups is 1. The molecule has 1 aromatic carbocycles. The van der Waals surface area contributed by atoms with Crippen molar-refractivity contribution in [1.82, 2.24) is 0 Å². The molecule has 1 aliphatic carbocycles. The number of nitrogens with zero attached hydrogens (tertiary/aromatic N) is 2. The minimum absolute atomic E-state index is 0.0840. The molecule has 1 amide bonds. The maximum absolute atomic E-state index is 12.5. The molecule has 0 fully saturated rings. The number of rotatable bonds is 3. The van der Waals surface area contributed by atoms with E-state index in [0.717, 1.165) is 36.1 Å². The normalized spacial score (nSPS) is 13.4. The van der Waals surface area contributed by atoms with E-state index < -0.39 is 5.91 Å². The molecule has 2 N–H and O–H groups in total.